The van der Waals surface area contributed by atoms with Gasteiger partial charge in [-0.1, -0.05) is 23.7 Å². The average Bonchev–Trinajstić information content (AvgIpc) is 2.39. The zero-order chi connectivity index (χ0) is 13.0. The Hall–Kier alpha value is -0.670. The first kappa shape index (κ1) is 13.8. The van der Waals surface area contributed by atoms with E-state index in [1.165, 1.54) is 11.5 Å². The second-order valence-electron chi connectivity index (χ2n) is 4.65. The zero-order valence-electron chi connectivity index (χ0n) is 10.6. The fourth-order valence-corrected chi connectivity index (χ4v) is 3.52. The van der Waals surface area contributed by atoms with Crippen molar-refractivity contribution < 1.29 is 4.79 Å². The van der Waals surface area contributed by atoms with E-state index < -0.39 is 0 Å². The Kier molecular flexibility index (Phi) is 4.95. The van der Waals surface area contributed by atoms with Crippen molar-refractivity contribution in [3.8, 4) is 0 Å². The van der Waals surface area contributed by atoms with E-state index in [2.05, 4.69) is 0 Å². The molecule has 1 heterocycles. The molecule has 0 N–H and O–H groups in total. The fourth-order valence-electron chi connectivity index (χ4n) is 2.22. The third kappa shape index (κ3) is 3.66. The number of amides is 1. The van der Waals surface area contributed by atoms with Gasteiger partial charge in [-0.3, -0.25) is 4.79 Å². The smallest absolute Gasteiger partial charge is 0.226 e. The van der Waals surface area contributed by atoms with Crippen LogP contribution in [0.2, 0.25) is 5.02 Å². The lowest BCUT2D eigenvalue weighted by Crippen LogP contribution is -2.40. The molecule has 0 atom stereocenters. The number of hydrogen-bond acceptors (Lipinski definition) is 2. The third-order valence-corrected chi connectivity index (χ3v) is 4.66. The van der Waals surface area contributed by atoms with E-state index in [0.717, 1.165) is 18.4 Å². The summed E-state index contributed by atoms with van der Waals surface area (Å²) >= 11 is 7.91. The average molecular weight is 284 g/mol. The minimum atomic E-state index is 0.189. The first-order chi connectivity index (χ1) is 8.66. The van der Waals surface area contributed by atoms with E-state index in [4.69, 9.17) is 11.6 Å². The van der Waals surface area contributed by atoms with Crippen molar-refractivity contribution in [3.63, 3.8) is 0 Å². The summed E-state index contributed by atoms with van der Waals surface area (Å²) in [5.74, 6) is 2.52. The molecule has 1 aromatic carbocycles. The summed E-state index contributed by atoms with van der Waals surface area (Å²) in [6.07, 6.45) is 2.67. The molecule has 1 aliphatic heterocycles. The van der Waals surface area contributed by atoms with Gasteiger partial charge in [0.1, 0.15) is 0 Å². The number of nitrogens with zero attached hydrogens (tertiary/aromatic N) is 1. The topological polar surface area (TPSA) is 20.3 Å². The highest BCUT2D eigenvalue weighted by atomic mass is 35.5. The Bertz CT molecular complexity index is 418. The second-order valence-corrected chi connectivity index (χ2v) is 6.32. The summed E-state index contributed by atoms with van der Waals surface area (Å²) < 4.78 is 0. The van der Waals surface area contributed by atoms with Crippen LogP contribution in [0.15, 0.2) is 24.3 Å². The van der Waals surface area contributed by atoms with Crippen molar-refractivity contribution in [2.24, 2.45) is 0 Å². The Balaban J connectivity index is 1.94. The molecular weight excluding hydrogens is 266 g/mol. The van der Waals surface area contributed by atoms with Gasteiger partial charge in [0.25, 0.3) is 0 Å². The van der Waals surface area contributed by atoms with Crippen molar-refractivity contribution >= 4 is 29.3 Å². The highest BCUT2D eigenvalue weighted by Gasteiger charge is 2.22. The summed E-state index contributed by atoms with van der Waals surface area (Å²) in [7, 11) is 1.92. The lowest BCUT2D eigenvalue weighted by Gasteiger charge is -2.31. The van der Waals surface area contributed by atoms with E-state index in [-0.39, 0.29) is 5.91 Å². The minimum Gasteiger partial charge on any atom is -0.342 e. The molecule has 0 spiro atoms. The van der Waals surface area contributed by atoms with Gasteiger partial charge in [-0.2, -0.15) is 11.8 Å². The monoisotopic (exact) mass is 283 g/mol. The number of thioether (sulfide) groups is 1. The summed E-state index contributed by atoms with van der Waals surface area (Å²) in [5, 5.41) is 0.692. The van der Waals surface area contributed by atoms with Crippen LogP contribution < -0.4 is 0 Å². The van der Waals surface area contributed by atoms with E-state index in [0.29, 0.717) is 17.5 Å². The Labute approximate surface area is 118 Å². The van der Waals surface area contributed by atoms with Crippen molar-refractivity contribution in [3.05, 3.63) is 34.9 Å². The van der Waals surface area contributed by atoms with Crippen molar-refractivity contribution in [2.75, 3.05) is 18.6 Å². The van der Waals surface area contributed by atoms with Crippen LogP contribution in [0.25, 0.3) is 0 Å². The maximum Gasteiger partial charge on any atom is 0.226 e. The molecule has 1 saturated heterocycles. The van der Waals surface area contributed by atoms with Gasteiger partial charge in [0, 0.05) is 18.1 Å². The number of carbonyl (C=O) groups is 1. The third-order valence-electron chi connectivity index (χ3n) is 3.38. The molecule has 2 rings (SSSR count). The van der Waals surface area contributed by atoms with Gasteiger partial charge in [-0.15, -0.1) is 0 Å². The molecule has 2 nitrogen and oxygen atoms in total. The van der Waals surface area contributed by atoms with Gasteiger partial charge in [0.15, 0.2) is 0 Å². The fraction of sp³-hybridized carbons (Fsp3) is 0.500. The molecule has 0 radical (unpaired) electrons. The largest absolute Gasteiger partial charge is 0.342 e. The van der Waals surface area contributed by atoms with Crippen LogP contribution in [0.3, 0.4) is 0 Å². The summed E-state index contributed by atoms with van der Waals surface area (Å²) in [6, 6.07) is 7.95. The number of benzene rings is 1. The maximum atomic E-state index is 12.2. The van der Waals surface area contributed by atoms with Gasteiger partial charge in [0.05, 0.1) is 6.42 Å². The molecule has 0 aliphatic carbocycles. The predicted molar refractivity (Wildman–Crippen MR) is 78.3 cm³/mol. The number of likely N-dealkylation sites (N-methyl/N-ethyl adjacent to an activating group) is 1. The Morgan fingerprint density at radius 3 is 2.83 bits per heavy atom. The molecule has 1 aromatic rings. The highest BCUT2D eigenvalue weighted by molar-refractivity contribution is 7.99. The number of halogens is 1. The standard InChI is InChI=1S/C14H18ClNOS/c1-16(13-5-7-18-8-6-13)14(17)10-11-3-2-4-12(15)9-11/h2-4,9,13H,5-8,10H2,1H3. The summed E-state index contributed by atoms with van der Waals surface area (Å²) in [4.78, 5) is 14.1. The van der Waals surface area contributed by atoms with Gasteiger partial charge in [-0.05, 0) is 42.0 Å². The molecule has 1 fully saturated rings. The molecule has 98 valence electrons. The summed E-state index contributed by atoms with van der Waals surface area (Å²) in [5.41, 5.74) is 0.990. The molecule has 0 unspecified atom stereocenters. The maximum absolute atomic E-state index is 12.2. The van der Waals surface area contributed by atoms with E-state index in [9.17, 15) is 4.79 Å². The van der Waals surface area contributed by atoms with Crippen LogP contribution in [0.4, 0.5) is 0 Å². The minimum absolute atomic E-state index is 0.189. The SMILES string of the molecule is CN(C(=O)Cc1cccc(Cl)c1)C1CCSCC1. The lowest BCUT2D eigenvalue weighted by atomic mass is 10.1. The van der Waals surface area contributed by atoms with Crippen LogP contribution >= 0.6 is 23.4 Å². The van der Waals surface area contributed by atoms with Gasteiger partial charge >= 0.3 is 0 Å². The molecule has 0 saturated carbocycles. The Morgan fingerprint density at radius 2 is 2.17 bits per heavy atom. The van der Waals surface area contributed by atoms with Crippen LogP contribution in [-0.4, -0.2) is 35.4 Å². The normalized spacial score (nSPS) is 16.6. The molecule has 1 amide bonds. The van der Waals surface area contributed by atoms with E-state index >= 15 is 0 Å². The van der Waals surface area contributed by atoms with Crippen LogP contribution in [-0.2, 0) is 11.2 Å². The van der Waals surface area contributed by atoms with Crippen LogP contribution in [0, 0.1) is 0 Å². The van der Waals surface area contributed by atoms with Crippen molar-refractivity contribution in [2.45, 2.75) is 25.3 Å². The van der Waals surface area contributed by atoms with Crippen LogP contribution in [0.1, 0.15) is 18.4 Å². The van der Waals surface area contributed by atoms with E-state index in [1.807, 2.05) is 48.0 Å². The van der Waals surface area contributed by atoms with Gasteiger partial charge in [0.2, 0.25) is 5.91 Å². The number of hydrogen-bond donors (Lipinski definition) is 0. The zero-order valence-corrected chi connectivity index (χ0v) is 12.1. The quantitative estimate of drug-likeness (QED) is 0.849. The Morgan fingerprint density at radius 1 is 1.44 bits per heavy atom. The first-order valence-electron chi connectivity index (χ1n) is 6.24. The molecule has 0 bridgehead atoms. The molecule has 1 aliphatic rings. The van der Waals surface area contributed by atoms with Crippen molar-refractivity contribution in [1.29, 1.82) is 0 Å². The van der Waals surface area contributed by atoms with Crippen molar-refractivity contribution in [1.82, 2.24) is 4.90 Å². The van der Waals surface area contributed by atoms with Gasteiger partial charge in [-0.25, -0.2) is 0 Å². The van der Waals surface area contributed by atoms with Gasteiger partial charge < -0.3 is 4.90 Å². The summed E-state index contributed by atoms with van der Waals surface area (Å²) in [6.45, 7) is 0. The molecule has 4 heteroatoms. The number of rotatable bonds is 3. The van der Waals surface area contributed by atoms with Crippen LogP contribution in [0.5, 0.6) is 0 Å². The predicted octanol–water partition coefficient (Wildman–Crippen LogP) is 3.24. The number of carbonyl (C=O) groups excluding carboxylic acids is 1. The lowest BCUT2D eigenvalue weighted by molar-refractivity contribution is -0.131. The first-order valence-corrected chi connectivity index (χ1v) is 7.78. The highest BCUT2D eigenvalue weighted by Crippen LogP contribution is 2.21. The van der Waals surface area contributed by atoms with E-state index in [1.54, 1.807) is 0 Å². The second kappa shape index (κ2) is 6.48. The molecule has 18 heavy (non-hydrogen) atoms. The molecule has 0 aromatic heterocycles. The molecular formula is C14H18ClNOS.